The highest BCUT2D eigenvalue weighted by molar-refractivity contribution is 6.04. The summed E-state index contributed by atoms with van der Waals surface area (Å²) >= 11 is 0. The van der Waals surface area contributed by atoms with E-state index in [0.29, 0.717) is 5.56 Å². The fourth-order valence-corrected chi connectivity index (χ4v) is 2.49. The summed E-state index contributed by atoms with van der Waals surface area (Å²) in [5.74, 6) is -0.0711. The second-order valence-electron chi connectivity index (χ2n) is 5.11. The van der Waals surface area contributed by atoms with Gasteiger partial charge in [0.25, 0.3) is 5.91 Å². The van der Waals surface area contributed by atoms with Crippen LogP contribution in [0.5, 0.6) is 0 Å². The first-order chi connectivity index (χ1) is 10.3. The molecule has 1 saturated heterocycles. The molecule has 2 aromatic rings. The number of hydrogen-bond donors (Lipinski definition) is 2. The smallest absolute Gasteiger partial charge is 0.255 e. The predicted molar refractivity (Wildman–Crippen MR) is 85.9 cm³/mol. The number of benzene rings is 2. The van der Waals surface area contributed by atoms with Crippen LogP contribution in [-0.2, 0) is 0 Å². The molecule has 1 heterocycles. The van der Waals surface area contributed by atoms with Crippen LogP contribution in [-0.4, -0.2) is 32.1 Å². The van der Waals surface area contributed by atoms with Crippen molar-refractivity contribution in [1.82, 2.24) is 5.32 Å². The Balaban J connectivity index is 1.74. The third-order valence-electron chi connectivity index (χ3n) is 3.62. The van der Waals surface area contributed by atoms with Crippen molar-refractivity contribution in [2.45, 2.75) is 0 Å². The van der Waals surface area contributed by atoms with Crippen molar-refractivity contribution >= 4 is 17.3 Å². The van der Waals surface area contributed by atoms with Gasteiger partial charge in [0.15, 0.2) is 0 Å². The van der Waals surface area contributed by atoms with E-state index in [1.165, 1.54) is 0 Å². The Hall–Kier alpha value is -2.33. The molecule has 1 amide bonds. The molecule has 0 radical (unpaired) electrons. The molecule has 3 rings (SSSR count). The zero-order valence-corrected chi connectivity index (χ0v) is 11.9. The van der Waals surface area contributed by atoms with Crippen LogP contribution in [0.15, 0.2) is 54.6 Å². The van der Waals surface area contributed by atoms with Gasteiger partial charge in [-0.2, -0.15) is 0 Å². The molecule has 0 atom stereocenters. The zero-order valence-electron chi connectivity index (χ0n) is 11.9. The largest absolute Gasteiger partial charge is 0.369 e. The van der Waals surface area contributed by atoms with Crippen molar-refractivity contribution in [2.75, 3.05) is 36.4 Å². The van der Waals surface area contributed by atoms with Crippen molar-refractivity contribution in [2.24, 2.45) is 0 Å². The normalized spacial score (nSPS) is 14.8. The van der Waals surface area contributed by atoms with Gasteiger partial charge in [-0.15, -0.1) is 0 Å². The number of amides is 1. The van der Waals surface area contributed by atoms with Gasteiger partial charge in [-0.25, -0.2) is 0 Å². The van der Waals surface area contributed by atoms with Crippen molar-refractivity contribution in [3.05, 3.63) is 60.2 Å². The van der Waals surface area contributed by atoms with Crippen LogP contribution in [0.4, 0.5) is 11.4 Å². The Morgan fingerprint density at radius 2 is 1.76 bits per heavy atom. The molecular weight excluding hydrogens is 262 g/mol. The molecule has 1 aliphatic heterocycles. The molecule has 0 unspecified atom stereocenters. The lowest BCUT2D eigenvalue weighted by Crippen LogP contribution is -2.43. The van der Waals surface area contributed by atoms with Crippen LogP contribution in [0.25, 0.3) is 0 Å². The van der Waals surface area contributed by atoms with E-state index in [1.54, 1.807) is 0 Å². The Kier molecular flexibility index (Phi) is 4.17. The standard InChI is InChI=1S/C17H19N3O/c21-17(19-15-6-2-1-3-7-15)14-5-4-8-16(13-14)20-11-9-18-10-12-20/h1-8,13,18H,9-12H2,(H,19,21). The SMILES string of the molecule is O=C(Nc1ccccc1)c1cccc(N2CCNCC2)c1. The number of carbonyl (C=O) groups excluding carboxylic acids is 1. The molecule has 21 heavy (non-hydrogen) atoms. The van der Waals surface area contributed by atoms with Gasteiger partial charge >= 0.3 is 0 Å². The van der Waals surface area contributed by atoms with Crippen LogP contribution in [0, 0.1) is 0 Å². The predicted octanol–water partition coefficient (Wildman–Crippen LogP) is 2.35. The molecule has 108 valence electrons. The molecule has 2 N–H and O–H groups in total. The number of hydrogen-bond acceptors (Lipinski definition) is 3. The summed E-state index contributed by atoms with van der Waals surface area (Å²) in [7, 11) is 0. The average Bonchev–Trinajstić information content (AvgIpc) is 2.57. The van der Waals surface area contributed by atoms with Gasteiger partial charge in [0.2, 0.25) is 0 Å². The van der Waals surface area contributed by atoms with E-state index in [0.717, 1.165) is 37.6 Å². The molecule has 2 aromatic carbocycles. The second kappa shape index (κ2) is 6.41. The number of nitrogens with zero attached hydrogens (tertiary/aromatic N) is 1. The van der Waals surface area contributed by atoms with E-state index >= 15 is 0 Å². The maximum absolute atomic E-state index is 12.3. The lowest BCUT2D eigenvalue weighted by molar-refractivity contribution is 0.102. The van der Waals surface area contributed by atoms with E-state index in [-0.39, 0.29) is 5.91 Å². The minimum atomic E-state index is -0.0711. The highest BCUT2D eigenvalue weighted by Gasteiger charge is 2.12. The zero-order chi connectivity index (χ0) is 14.5. The van der Waals surface area contributed by atoms with Crippen LogP contribution in [0.2, 0.25) is 0 Å². The van der Waals surface area contributed by atoms with Crippen LogP contribution in [0.1, 0.15) is 10.4 Å². The summed E-state index contributed by atoms with van der Waals surface area (Å²) < 4.78 is 0. The number of rotatable bonds is 3. The third-order valence-corrected chi connectivity index (χ3v) is 3.62. The van der Waals surface area contributed by atoms with Crippen molar-refractivity contribution < 1.29 is 4.79 Å². The summed E-state index contributed by atoms with van der Waals surface area (Å²) in [6.45, 7) is 3.92. The highest BCUT2D eigenvalue weighted by atomic mass is 16.1. The van der Waals surface area contributed by atoms with E-state index in [9.17, 15) is 4.79 Å². The molecule has 0 bridgehead atoms. The molecule has 0 spiro atoms. The van der Waals surface area contributed by atoms with E-state index < -0.39 is 0 Å². The Labute approximate surface area is 124 Å². The quantitative estimate of drug-likeness (QED) is 0.907. The third kappa shape index (κ3) is 3.41. The minimum Gasteiger partial charge on any atom is -0.369 e. The summed E-state index contributed by atoms with van der Waals surface area (Å²) in [4.78, 5) is 14.6. The molecule has 0 saturated carbocycles. The summed E-state index contributed by atoms with van der Waals surface area (Å²) in [6.07, 6.45) is 0. The van der Waals surface area contributed by atoms with Crippen LogP contribution < -0.4 is 15.5 Å². The Morgan fingerprint density at radius 3 is 2.52 bits per heavy atom. The van der Waals surface area contributed by atoms with Crippen molar-refractivity contribution in [3.63, 3.8) is 0 Å². The molecule has 4 heteroatoms. The molecule has 1 fully saturated rings. The molecule has 0 aromatic heterocycles. The maximum atomic E-state index is 12.3. The Morgan fingerprint density at radius 1 is 1.00 bits per heavy atom. The average molecular weight is 281 g/mol. The van der Waals surface area contributed by atoms with Gasteiger partial charge in [-0.05, 0) is 30.3 Å². The fourth-order valence-electron chi connectivity index (χ4n) is 2.49. The van der Waals surface area contributed by atoms with Gasteiger partial charge in [-0.1, -0.05) is 24.3 Å². The highest BCUT2D eigenvalue weighted by Crippen LogP contribution is 2.18. The minimum absolute atomic E-state index is 0.0711. The topological polar surface area (TPSA) is 44.4 Å². The Bertz CT molecular complexity index is 606. The monoisotopic (exact) mass is 281 g/mol. The molecule has 1 aliphatic rings. The first kappa shape index (κ1) is 13.6. The first-order valence-electron chi connectivity index (χ1n) is 7.25. The van der Waals surface area contributed by atoms with Gasteiger partial charge in [0.05, 0.1) is 0 Å². The van der Waals surface area contributed by atoms with Gasteiger partial charge in [0.1, 0.15) is 0 Å². The van der Waals surface area contributed by atoms with Crippen molar-refractivity contribution in [3.8, 4) is 0 Å². The van der Waals surface area contributed by atoms with Crippen LogP contribution >= 0.6 is 0 Å². The summed E-state index contributed by atoms with van der Waals surface area (Å²) in [5.41, 5.74) is 2.61. The van der Waals surface area contributed by atoms with E-state index in [1.807, 2.05) is 48.5 Å². The van der Waals surface area contributed by atoms with E-state index in [2.05, 4.69) is 21.6 Å². The first-order valence-corrected chi connectivity index (χ1v) is 7.25. The fraction of sp³-hybridized carbons (Fsp3) is 0.235. The number of nitrogens with one attached hydrogen (secondary N) is 2. The van der Waals surface area contributed by atoms with Crippen LogP contribution in [0.3, 0.4) is 0 Å². The molecule has 4 nitrogen and oxygen atoms in total. The number of piperazine rings is 1. The summed E-state index contributed by atoms with van der Waals surface area (Å²) in [5, 5.41) is 6.25. The molecular formula is C17H19N3O. The second-order valence-corrected chi connectivity index (χ2v) is 5.11. The number of anilines is 2. The molecule has 0 aliphatic carbocycles. The van der Waals surface area contributed by atoms with E-state index in [4.69, 9.17) is 0 Å². The van der Waals surface area contributed by atoms with Gasteiger partial charge in [0, 0.05) is 43.1 Å². The summed E-state index contributed by atoms with van der Waals surface area (Å²) in [6, 6.07) is 17.3. The van der Waals surface area contributed by atoms with Crippen molar-refractivity contribution in [1.29, 1.82) is 0 Å². The lowest BCUT2D eigenvalue weighted by atomic mass is 10.1. The maximum Gasteiger partial charge on any atom is 0.255 e. The number of para-hydroxylation sites is 1. The van der Waals surface area contributed by atoms with Gasteiger partial charge < -0.3 is 15.5 Å². The van der Waals surface area contributed by atoms with Gasteiger partial charge in [-0.3, -0.25) is 4.79 Å². The lowest BCUT2D eigenvalue weighted by Gasteiger charge is -2.29. The number of carbonyl (C=O) groups is 1.